The molecule has 0 radical (unpaired) electrons. The third-order valence-corrected chi connectivity index (χ3v) is 6.00. The van der Waals surface area contributed by atoms with Gasteiger partial charge in [-0.2, -0.15) is 0 Å². The molecule has 1 saturated heterocycles. The van der Waals surface area contributed by atoms with E-state index in [1.165, 1.54) is 0 Å². The molecule has 2 amide bonds. The summed E-state index contributed by atoms with van der Waals surface area (Å²) >= 11 is 0. The number of pyridine rings is 1. The zero-order valence-corrected chi connectivity index (χ0v) is 18.1. The van der Waals surface area contributed by atoms with E-state index in [0.29, 0.717) is 13.1 Å². The maximum Gasteiger partial charge on any atom is 0.321 e. The third-order valence-electron chi connectivity index (χ3n) is 6.00. The molecule has 1 fully saturated rings. The molecule has 7 heteroatoms. The predicted molar refractivity (Wildman–Crippen MR) is 121 cm³/mol. The van der Waals surface area contributed by atoms with Gasteiger partial charge < -0.3 is 20.2 Å². The van der Waals surface area contributed by atoms with E-state index < -0.39 is 5.97 Å². The number of para-hydroxylation sites is 1. The molecule has 1 aromatic carbocycles. The highest BCUT2D eigenvalue weighted by atomic mass is 16.4. The second-order valence-corrected chi connectivity index (χ2v) is 8.31. The highest BCUT2D eigenvalue weighted by Crippen LogP contribution is 2.30. The predicted octanol–water partition coefficient (Wildman–Crippen LogP) is 3.59. The standard InChI is InChI=1S/C24H32N4O3/c1-27(15-12-21-7-5-6-13-25-21)14-10-20-18-28(16-11-19(20)17-23(29)30)24(31)26-22-8-3-2-4-9-22/h2-9,13,19-20H,10-12,14-18H2,1H3,(H,26,31)(H,29,30). The van der Waals surface area contributed by atoms with E-state index in [-0.39, 0.29) is 24.3 Å². The maximum absolute atomic E-state index is 12.7. The Bertz CT molecular complexity index is 831. The van der Waals surface area contributed by atoms with E-state index in [1.54, 1.807) is 0 Å². The van der Waals surface area contributed by atoms with Gasteiger partial charge >= 0.3 is 12.0 Å². The normalized spacial score (nSPS) is 18.7. The second kappa shape index (κ2) is 11.5. The minimum absolute atomic E-state index is 0.0995. The highest BCUT2D eigenvalue weighted by Gasteiger charge is 2.32. The number of carbonyl (C=O) groups is 2. The van der Waals surface area contributed by atoms with Crippen LogP contribution in [0, 0.1) is 11.8 Å². The molecule has 1 aromatic heterocycles. The number of hydrogen-bond donors (Lipinski definition) is 2. The molecule has 2 aromatic rings. The van der Waals surface area contributed by atoms with Crippen molar-refractivity contribution in [1.29, 1.82) is 0 Å². The van der Waals surface area contributed by atoms with Crippen molar-refractivity contribution in [3.05, 3.63) is 60.4 Å². The second-order valence-electron chi connectivity index (χ2n) is 8.31. The van der Waals surface area contributed by atoms with Crippen LogP contribution >= 0.6 is 0 Å². The summed E-state index contributed by atoms with van der Waals surface area (Å²) in [5.74, 6) is -0.494. The van der Waals surface area contributed by atoms with Crippen molar-refractivity contribution in [2.75, 3.05) is 38.5 Å². The summed E-state index contributed by atoms with van der Waals surface area (Å²) in [4.78, 5) is 32.5. The van der Waals surface area contributed by atoms with Gasteiger partial charge in [0.05, 0.1) is 0 Å². The van der Waals surface area contributed by atoms with Crippen molar-refractivity contribution in [2.45, 2.75) is 25.7 Å². The Hall–Kier alpha value is -2.93. The summed E-state index contributed by atoms with van der Waals surface area (Å²) in [6.45, 7) is 2.93. The van der Waals surface area contributed by atoms with Gasteiger partial charge in [-0.15, -0.1) is 0 Å². The fourth-order valence-corrected chi connectivity index (χ4v) is 4.16. The number of aromatic nitrogens is 1. The first-order valence-electron chi connectivity index (χ1n) is 10.9. The van der Waals surface area contributed by atoms with Crippen molar-refractivity contribution in [1.82, 2.24) is 14.8 Å². The Morgan fingerprint density at radius 2 is 1.90 bits per heavy atom. The molecule has 0 bridgehead atoms. The van der Waals surface area contributed by atoms with Crippen LogP contribution in [-0.2, 0) is 11.2 Å². The van der Waals surface area contributed by atoms with Crippen molar-refractivity contribution >= 4 is 17.7 Å². The Labute approximate surface area is 184 Å². The van der Waals surface area contributed by atoms with Gasteiger partial charge in [-0.05, 0) is 62.5 Å². The summed E-state index contributed by atoms with van der Waals surface area (Å²) in [5, 5.41) is 12.3. The number of rotatable bonds is 9. The molecule has 2 N–H and O–H groups in total. The van der Waals surface area contributed by atoms with Crippen LogP contribution in [0.4, 0.5) is 10.5 Å². The number of nitrogens with zero attached hydrogens (tertiary/aromatic N) is 3. The molecule has 2 atom stereocenters. The van der Waals surface area contributed by atoms with Crippen LogP contribution in [-0.4, -0.2) is 65.1 Å². The van der Waals surface area contributed by atoms with E-state index in [9.17, 15) is 14.7 Å². The fraction of sp³-hybridized carbons (Fsp3) is 0.458. The smallest absolute Gasteiger partial charge is 0.321 e. The molecule has 0 spiro atoms. The summed E-state index contributed by atoms with van der Waals surface area (Å²) < 4.78 is 0. The van der Waals surface area contributed by atoms with Crippen LogP contribution in [0.3, 0.4) is 0 Å². The number of nitrogens with one attached hydrogen (secondary N) is 1. The number of benzene rings is 1. The van der Waals surface area contributed by atoms with Crippen molar-refractivity contribution in [2.24, 2.45) is 11.8 Å². The lowest BCUT2D eigenvalue weighted by atomic mass is 9.81. The van der Waals surface area contributed by atoms with E-state index in [1.807, 2.05) is 59.6 Å². The zero-order chi connectivity index (χ0) is 22.1. The molecular formula is C24H32N4O3. The van der Waals surface area contributed by atoms with Gasteiger partial charge in [0.15, 0.2) is 0 Å². The van der Waals surface area contributed by atoms with Crippen LogP contribution in [0.5, 0.6) is 0 Å². The van der Waals surface area contributed by atoms with Gasteiger partial charge in [0, 0.05) is 50.1 Å². The maximum atomic E-state index is 12.7. The monoisotopic (exact) mass is 424 g/mol. The van der Waals surface area contributed by atoms with Crippen LogP contribution in [0.15, 0.2) is 54.7 Å². The SMILES string of the molecule is CN(CCc1ccccn1)CCC1CN(C(=O)Nc2ccccc2)CCC1CC(=O)O. The lowest BCUT2D eigenvalue weighted by Crippen LogP contribution is -2.46. The molecular weight excluding hydrogens is 392 g/mol. The van der Waals surface area contributed by atoms with Gasteiger partial charge in [-0.3, -0.25) is 9.78 Å². The average molecular weight is 425 g/mol. The highest BCUT2D eigenvalue weighted by molar-refractivity contribution is 5.89. The molecule has 2 unspecified atom stereocenters. The van der Waals surface area contributed by atoms with Crippen molar-refractivity contribution in [3.8, 4) is 0 Å². The molecule has 2 heterocycles. The molecule has 0 aliphatic carbocycles. The van der Waals surface area contributed by atoms with Gasteiger partial charge in [0.1, 0.15) is 0 Å². The molecule has 3 rings (SSSR count). The van der Waals surface area contributed by atoms with E-state index in [2.05, 4.69) is 22.2 Å². The number of aliphatic carboxylic acids is 1. The minimum atomic E-state index is -0.763. The number of anilines is 1. The molecule has 0 saturated carbocycles. The summed E-state index contributed by atoms with van der Waals surface area (Å²) in [6.07, 6.45) is 4.44. The number of amides is 2. The van der Waals surface area contributed by atoms with Crippen molar-refractivity contribution < 1.29 is 14.7 Å². The van der Waals surface area contributed by atoms with Crippen LogP contribution < -0.4 is 5.32 Å². The van der Waals surface area contributed by atoms with Gasteiger partial charge in [-0.1, -0.05) is 24.3 Å². The van der Waals surface area contributed by atoms with E-state index >= 15 is 0 Å². The van der Waals surface area contributed by atoms with Gasteiger partial charge in [-0.25, -0.2) is 4.79 Å². The van der Waals surface area contributed by atoms with Crippen LogP contribution in [0.1, 0.15) is 25.0 Å². The number of carboxylic acids is 1. The summed E-state index contributed by atoms with van der Waals surface area (Å²) in [5.41, 5.74) is 1.84. The van der Waals surface area contributed by atoms with E-state index in [4.69, 9.17) is 0 Å². The van der Waals surface area contributed by atoms with Gasteiger partial charge in [0.2, 0.25) is 0 Å². The Morgan fingerprint density at radius 3 is 2.61 bits per heavy atom. The Balaban J connectivity index is 1.53. The van der Waals surface area contributed by atoms with Crippen LogP contribution in [0.2, 0.25) is 0 Å². The summed E-state index contributed by atoms with van der Waals surface area (Å²) in [7, 11) is 2.08. The Kier molecular flexibility index (Phi) is 8.41. The number of hydrogen-bond acceptors (Lipinski definition) is 4. The largest absolute Gasteiger partial charge is 0.481 e. The first-order chi connectivity index (χ1) is 15.0. The third kappa shape index (κ3) is 7.36. The first kappa shape index (κ1) is 22.7. The number of piperidine rings is 1. The molecule has 7 nitrogen and oxygen atoms in total. The lowest BCUT2D eigenvalue weighted by molar-refractivity contribution is -0.139. The zero-order valence-electron chi connectivity index (χ0n) is 18.1. The molecule has 1 aliphatic heterocycles. The quantitative estimate of drug-likeness (QED) is 0.643. The van der Waals surface area contributed by atoms with E-state index in [0.717, 1.165) is 43.7 Å². The number of urea groups is 1. The molecule has 166 valence electrons. The number of likely N-dealkylation sites (tertiary alicyclic amines) is 1. The fourth-order valence-electron chi connectivity index (χ4n) is 4.16. The molecule has 31 heavy (non-hydrogen) atoms. The minimum Gasteiger partial charge on any atom is -0.481 e. The lowest BCUT2D eigenvalue weighted by Gasteiger charge is -2.38. The Morgan fingerprint density at radius 1 is 1.13 bits per heavy atom. The number of carboxylic acid groups (broad SMARTS) is 1. The number of likely N-dealkylation sites (N-methyl/N-ethyl adjacent to an activating group) is 1. The van der Waals surface area contributed by atoms with Crippen molar-refractivity contribution in [3.63, 3.8) is 0 Å². The first-order valence-corrected chi connectivity index (χ1v) is 10.9. The van der Waals surface area contributed by atoms with Crippen LogP contribution in [0.25, 0.3) is 0 Å². The summed E-state index contributed by atoms with van der Waals surface area (Å²) in [6, 6.07) is 15.2. The number of carbonyl (C=O) groups excluding carboxylic acids is 1. The topological polar surface area (TPSA) is 85.8 Å². The average Bonchev–Trinajstić information content (AvgIpc) is 2.78. The molecule has 1 aliphatic rings. The van der Waals surface area contributed by atoms with Gasteiger partial charge in [0.25, 0.3) is 0 Å².